The van der Waals surface area contributed by atoms with Crippen molar-refractivity contribution in [2.75, 3.05) is 41.8 Å². The number of amides is 2. The summed E-state index contributed by atoms with van der Waals surface area (Å²) in [7, 11) is 0. The van der Waals surface area contributed by atoms with Gasteiger partial charge in [-0.3, -0.25) is 0 Å². The van der Waals surface area contributed by atoms with Crippen molar-refractivity contribution in [1.29, 1.82) is 0 Å². The van der Waals surface area contributed by atoms with Gasteiger partial charge in [-0.05, 0) is 24.3 Å². The number of carbonyl (C=O) groups is 1. The van der Waals surface area contributed by atoms with Gasteiger partial charge in [-0.1, -0.05) is 24.3 Å². The van der Waals surface area contributed by atoms with E-state index in [1.807, 2.05) is 24.3 Å². The first-order valence-electron chi connectivity index (χ1n) is 7.48. The van der Waals surface area contributed by atoms with Crippen LogP contribution in [0.25, 0.3) is 0 Å². The van der Waals surface area contributed by atoms with Crippen molar-refractivity contribution in [3.8, 4) is 0 Å². The van der Waals surface area contributed by atoms with Gasteiger partial charge in [0.25, 0.3) is 0 Å². The zero-order valence-corrected chi connectivity index (χ0v) is 12.6. The van der Waals surface area contributed by atoms with E-state index in [4.69, 9.17) is 4.74 Å². The van der Waals surface area contributed by atoms with Gasteiger partial charge in [0.15, 0.2) is 0 Å². The molecule has 120 valence electrons. The lowest BCUT2D eigenvalue weighted by Gasteiger charge is -2.30. The average Bonchev–Trinajstić information content (AvgIpc) is 2.58. The van der Waals surface area contributed by atoms with Crippen LogP contribution in [0, 0.1) is 5.82 Å². The van der Waals surface area contributed by atoms with E-state index in [-0.39, 0.29) is 5.69 Å². The minimum absolute atomic E-state index is 0.147. The molecule has 1 saturated heterocycles. The van der Waals surface area contributed by atoms with Crippen LogP contribution >= 0.6 is 0 Å². The van der Waals surface area contributed by atoms with Crippen molar-refractivity contribution in [2.45, 2.75) is 0 Å². The Morgan fingerprint density at radius 3 is 2.30 bits per heavy atom. The number of halogens is 1. The highest BCUT2D eigenvalue weighted by Gasteiger charge is 2.16. The third-order valence-corrected chi connectivity index (χ3v) is 3.63. The summed E-state index contributed by atoms with van der Waals surface area (Å²) in [4.78, 5) is 14.3. The molecular weight excluding hydrogens is 297 g/mol. The van der Waals surface area contributed by atoms with Crippen LogP contribution in [0.1, 0.15) is 0 Å². The highest BCUT2D eigenvalue weighted by molar-refractivity contribution is 6.01. The first-order valence-corrected chi connectivity index (χ1v) is 7.48. The van der Waals surface area contributed by atoms with Crippen LogP contribution < -0.4 is 15.5 Å². The maximum atomic E-state index is 13.6. The van der Waals surface area contributed by atoms with Crippen LogP contribution in [0.5, 0.6) is 0 Å². The summed E-state index contributed by atoms with van der Waals surface area (Å²) in [5.74, 6) is -0.468. The van der Waals surface area contributed by atoms with Crippen molar-refractivity contribution in [3.05, 3.63) is 54.3 Å². The van der Waals surface area contributed by atoms with E-state index in [1.54, 1.807) is 12.1 Å². The third kappa shape index (κ3) is 3.78. The first-order chi connectivity index (χ1) is 11.2. The Hall–Kier alpha value is -2.60. The molecule has 23 heavy (non-hydrogen) atoms. The summed E-state index contributed by atoms with van der Waals surface area (Å²) in [6.07, 6.45) is 0. The number of anilines is 3. The van der Waals surface area contributed by atoms with Gasteiger partial charge in [0.1, 0.15) is 5.82 Å². The molecule has 1 fully saturated rings. The van der Waals surface area contributed by atoms with Crippen molar-refractivity contribution < 1.29 is 13.9 Å². The molecule has 0 unspecified atom stereocenters. The summed E-state index contributed by atoms with van der Waals surface area (Å²) in [6.45, 7) is 2.87. The minimum atomic E-state index is -0.476. The Morgan fingerprint density at radius 2 is 1.57 bits per heavy atom. The number of hydrogen-bond acceptors (Lipinski definition) is 3. The molecule has 0 atom stereocenters. The fraction of sp³-hybridized carbons (Fsp3) is 0.235. The molecule has 2 aromatic carbocycles. The molecule has 1 aliphatic heterocycles. The standard InChI is InChI=1S/C17H18FN3O2/c18-13-5-1-2-6-14(13)19-17(22)20-15-7-3-4-8-16(15)21-9-11-23-12-10-21/h1-8H,9-12H2,(H2,19,20,22). The maximum Gasteiger partial charge on any atom is 0.323 e. The van der Waals surface area contributed by atoms with Crippen LogP contribution in [0.4, 0.5) is 26.2 Å². The summed E-state index contributed by atoms with van der Waals surface area (Å²) in [5, 5.41) is 5.30. The average molecular weight is 315 g/mol. The number of benzene rings is 2. The first kappa shape index (κ1) is 15.3. The smallest absolute Gasteiger partial charge is 0.323 e. The van der Waals surface area contributed by atoms with E-state index >= 15 is 0 Å². The molecule has 0 bridgehead atoms. The number of ether oxygens (including phenoxy) is 1. The summed E-state index contributed by atoms with van der Waals surface area (Å²) < 4.78 is 18.9. The monoisotopic (exact) mass is 315 g/mol. The third-order valence-electron chi connectivity index (χ3n) is 3.63. The number of morpholine rings is 1. The Labute approximate surface area is 134 Å². The molecule has 0 saturated carbocycles. The van der Waals surface area contributed by atoms with E-state index in [0.717, 1.165) is 18.8 Å². The molecule has 6 heteroatoms. The second-order valence-electron chi connectivity index (χ2n) is 5.18. The molecule has 1 heterocycles. The predicted octanol–water partition coefficient (Wildman–Crippen LogP) is 3.31. The van der Waals surface area contributed by atoms with Gasteiger partial charge in [-0.2, -0.15) is 0 Å². The lowest BCUT2D eigenvalue weighted by atomic mass is 10.2. The van der Waals surface area contributed by atoms with E-state index < -0.39 is 11.8 Å². The highest BCUT2D eigenvalue weighted by atomic mass is 19.1. The molecule has 0 aliphatic carbocycles. The van der Waals surface area contributed by atoms with Gasteiger partial charge in [0, 0.05) is 13.1 Å². The topological polar surface area (TPSA) is 53.6 Å². The Morgan fingerprint density at radius 1 is 0.957 bits per heavy atom. The predicted molar refractivity (Wildman–Crippen MR) is 88.5 cm³/mol. The molecule has 0 spiro atoms. The summed E-state index contributed by atoms with van der Waals surface area (Å²) in [6, 6.07) is 13.1. The number of rotatable bonds is 3. The molecule has 0 radical (unpaired) electrons. The number of nitrogens with zero attached hydrogens (tertiary/aromatic N) is 1. The molecular formula is C17H18FN3O2. The Kier molecular flexibility index (Phi) is 4.73. The maximum absolute atomic E-state index is 13.6. The number of hydrogen-bond donors (Lipinski definition) is 2. The number of para-hydroxylation sites is 3. The molecule has 2 amide bonds. The molecule has 3 rings (SSSR count). The molecule has 5 nitrogen and oxygen atoms in total. The second-order valence-corrected chi connectivity index (χ2v) is 5.18. The lowest BCUT2D eigenvalue weighted by molar-refractivity contribution is 0.123. The summed E-state index contributed by atoms with van der Waals surface area (Å²) >= 11 is 0. The highest BCUT2D eigenvalue weighted by Crippen LogP contribution is 2.26. The number of urea groups is 1. The Bertz CT molecular complexity index is 687. The normalized spacial score (nSPS) is 14.4. The Balaban J connectivity index is 1.72. The van der Waals surface area contributed by atoms with Crippen molar-refractivity contribution >= 4 is 23.1 Å². The van der Waals surface area contributed by atoms with Crippen molar-refractivity contribution in [3.63, 3.8) is 0 Å². The zero-order valence-electron chi connectivity index (χ0n) is 12.6. The van der Waals surface area contributed by atoms with Crippen LogP contribution in [-0.2, 0) is 4.74 Å². The molecule has 1 aliphatic rings. The van der Waals surface area contributed by atoms with Crippen LogP contribution in [0.15, 0.2) is 48.5 Å². The largest absolute Gasteiger partial charge is 0.378 e. The minimum Gasteiger partial charge on any atom is -0.378 e. The van der Waals surface area contributed by atoms with E-state index in [2.05, 4.69) is 15.5 Å². The van der Waals surface area contributed by atoms with Gasteiger partial charge in [-0.25, -0.2) is 9.18 Å². The van der Waals surface area contributed by atoms with E-state index in [9.17, 15) is 9.18 Å². The molecule has 2 aromatic rings. The lowest BCUT2D eigenvalue weighted by Crippen LogP contribution is -2.37. The second kappa shape index (κ2) is 7.11. The zero-order chi connectivity index (χ0) is 16.1. The van der Waals surface area contributed by atoms with Gasteiger partial charge in [0.2, 0.25) is 0 Å². The van der Waals surface area contributed by atoms with E-state index in [1.165, 1.54) is 12.1 Å². The van der Waals surface area contributed by atoms with Gasteiger partial charge in [-0.15, -0.1) is 0 Å². The fourth-order valence-electron chi connectivity index (χ4n) is 2.50. The van der Waals surface area contributed by atoms with Crippen LogP contribution in [0.2, 0.25) is 0 Å². The molecule has 2 N–H and O–H groups in total. The quantitative estimate of drug-likeness (QED) is 0.914. The number of carbonyl (C=O) groups excluding carboxylic acids is 1. The molecule has 0 aromatic heterocycles. The fourth-order valence-corrected chi connectivity index (χ4v) is 2.50. The van der Waals surface area contributed by atoms with Gasteiger partial charge in [0.05, 0.1) is 30.3 Å². The van der Waals surface area contributed by atoms with Gasteiger partial charge >= 0.3 is 6.03 Å². The number of nitrogens with one attached hydrogen (secondary N) is 2. The van der Waals surface area contributed by atoms with Crippen molar-refractivity contribution in [2.24, 2.45) is 0 Å². The SMILES string of the molecule is O=C(Nc1ccccc1F)Nc1ccccc1N1CCOCC1. The summed E-state index contributed by atoms with van der Waals surface area (Å²) in [5.41, 5.74) is 1.76. The van der Waals surface area contributed by atoms with E-state index in [0.29, 0.717) is 18.9 Å². The van der Waals surface area contributed by atoms with Crippen LogP contribution in [-0.4, -0.2) is 32.3 Å². The van der Waals surface area contributed by atoms with Crippen molar-refractivity contribution in [1.82, 2.24) is 0 Å². The van der Waals surface area contributed by atoms with Crippen LogP contribution in [0.3, 0.4) is 0 Å². The van der Waals surface area contributed by atoms with Gasteiger partial charge < -0.3 is 20.3 Å².